The van der Waals surface area contributed by atoms with E-state index in [1.807, 2.05) is 48.5 Å². The second kappa shape index (κ2) is 8.32. The Kier molecular flexibility index (Phi) is 5.89. The molecule has 1 aliphatic heterocycles. The van der Waals surface area contributed by atoms with Crippen molar-refractivity contribution in [3.8, 4) is 5.75 Å². The summed E-state index contributed by atoms with van der Waals surface area (Å²) in [7, 11) is 0. The van der Waals surface area contributed by atoms with Crippen LogP contribution in [0.25, 0.3) is 6.08 Å². The molecule has 1 heterocycles. The fourth-order valence-corrected chi connectivity index (χ4v) is 2.78. The quantitative estimate of drug-likeness (QED) is 0.481. The van der Waals surface area contributed by atoms with Crippen molar-refractivity contribution < 1.29 is 14.3 Å². The molecule has 0 atom stereocenters. The summed E-state index contributed by atoms with van der Waals surface area (Å²) in [6, 6.07) is 15.1. The zero-order valence-electron chi connectivity index (χ0n) is 14.7. The number of carbonyl (C=O) groups is 1. The van der Waals surface area contributed by atoms with E-state index in [4.69, 9.17) is 9.47 Å². The highest BCUT2D eigenvalue weighted by atomic mass is 79.9. The lowest BCUT2D eigenvalue weighted by molar-refractivity contribution is -0.129. The summed E-state index contributed by atoms with van der Waals surface area (Å²) in [5, 5.41) is 0. The molecule has 134 valence electrons. The molecule has 2 aromatic rings. The average molecular weight is 414 g/mol. The van der Waals surface area contributed by atoms with Crippen molar-refractivity contribution in [1.82, 2.24) is 0 Å². The Morgan fingerprint density at radius 2 is 1.96 bits per heavy atom. The van der Waals surface area contributed by atoms with Gasteiger partial charge < -0.3 is 9.47 Å². The van der Waals surface area contributed by atoms with E-state index in [9.17, 15) is 4.79 Å². The first-order valence-electron chi connectivity index (χ1n) is 8.52. The number of halogens is 1. The van der Waals surface area contributed by atoms with E-state index in [-0.39, 0.29) is 5.70 Å². The van der Waals surface area contributed by atoms with E-state index in [1.165, 1.54) is 0 Å². The minimum atomic E-state index is -0.447. The van der Waals surface area contributed by atoms with Gasteiger partial charge in [0.2, 0.25) is 5.90 Å². The normalized spacial score (nSPS) is 15.3. The van der Waals surface area contributed by atoms with E-state index in [1.54, 1.807) is 6.08 Å². The Hall–Kier alpha value is -2.40. The fraction of sp³-hybridized carbons (Fsp3) is 0.238. The first-order chi connectivity index (χ1) is 12.5. The van der Waals surface area contributed by atoms with Crippen LogP contribution < -0.4 is 4.74 Å². The van der Waals surface area contributed by atoms with Crippen LogP contribution in [0.4, 0.5) is 0 Å². The molecule has 26 heavy (non-hydrogen) atoms. The predicted octanol–water partition coefficient (Wildman–Crippen LogP) is 5.22. The molecule has 2 aromatic carbocycles. The van der Waals surface area contributed by atoms with Gasteiger partial charge in [-0.05, 0) is 54.3 Å². The van der Waals surface area contributed by atoms with Crippen LogP contribution in [0, 0.1) is 5.92 Å². The number of carbonyl (C=O) groups excluding carboxylic acids is 1. The lowest BCUT2D eigenvalue weighted by Gasteiger charge is -2.08. The van der Waals surface area contributed by atoms with Gasteiger partial charge in [0.05, 0.1) is 6.61 Å². The van der Waals surface area contributed by atoms with Crippen LogP contribution >= 0.6 is 15.9 Å². The molecule has 0 fully saturated rings. The highest BCUT2D eigenvalue weighted by molar-refractivity contribution is 9.10. The van der Waals surface area contributed by atoms with Gasteiger partial charge in [0.1, 0.15) is 5.75 Å². The zero-order valence-corrected chi connectivity index (χ0v) is 16.3. The number of hydrogen-bond donors (Lipinski definition) is 0. The molecule has 0 N–H and O–H groups in total. The highest BCUT2D eigenvalue weighted by Crippen LogP contribution is 2.22. The van der Waals surface area contributed by atoms with Gasteiger partial charge in [-0.25, -0.2) is 9.79 Å². The predicted molar refractivity (Wildman–Crippen MR) is 106 cm³/mol. The number of nitrogens with zero attached hydrogens (tertiary/aromatic N) is 1. The molecular weight excluding hydrogens is 394 g/mol. The lowest BCUT2D eigenvalue weighted by Crippen LogP contribution is -2.05. The number of benzene rings is 2. The highest BCUT2D eigenvalue weighted by Gasteiger charge is 2.24. The zero-order chi connectivity index (χ0) is 18.5. The van der Waals surface area contributed by atoms with Crippen molar-refractivity contribution >= 4 is 33.9 Å². The van der Waals surface area contributed by atoms with Gasteiger partial charge in [0.15, 0.2) is 5.70 Å². The standard InChI is InChI=1S/C21H20BrNO3/c1-14(2)10-11-25-18-8-6-15(7-9-18)12-19-21(24)26-20(23-19)16-4-3-5-17(22)13-16/h3-9,12-14H,10-11H2,1-2H3. The summed E-state index contributed by atoms with van der Waals surface area (Å²) < 4.78 is 11.9. The maximum atomic E-state index is 12.1. The molecule has 4 nitrogen and oxygen atoms in total. The van der Waals surface area contributed by atoms with Gasteiger partial charge in [-0.2, -0.15) is 0 Å². The third kappa shape index (κ3) is 4.82. The molecule has 1 aliphatic rings. The molecule has 3 rings (SSSR count). The number of cyclic esters (lactones) is 1. The van der Waals surface area contributed by atoms with Crippen LogP contribution in [-0.2, 0) is 9.53 Å². The Balaban J connectivity index is 1.72. The van der Waals surface area contributed by atoms with Crippen LogP contribution in [0.2, 0.25) is 0 Å². The Morgan fingerprint density at radius 3 is 2.65 bits per heavy atom. The average Bonchev–Trinajstić information content (AvgIpc) is 2.97. The van der Waals surface area contributed by atoms with Gasteiger partial charge >= 0.3 is 5.97 Å². The Morgan fingerprint density at radius 1 is 1.19 bits per heavy atom. The van der Waals surface area contributed by atoms with E-state index in [2.05, 4.69) is 34.8 Å². The summed E-state index contributed by atoms with van der Waals surface area (Å²) in [6.45, 7) is 5.04. The van der Waals surface area contributed by atoms with Crippen LogP contribution in [0.5, 0.6) is 5.75 Å². The molecule has 0 unspecified atom stereocenters. The molecule has 0 saturated heterocycles. The van der Waals surface area contributed by atoms with Crippen LogP contribution in [0.15, 0.2) is 63.7 Å². The summed E-state index contributed by atoms with van der Waals surface area (Å²) in [5.41, 5.74) is 1.91. The molecule has 0 spiro atoms. The van der Waals surface area contributed by atoms with E-state index >= 15 is 0 Å². The van der Waals surface area contributed by atoms with E-state index in [0.717, 1.165) is 27.8 Å². The minimum Gasteiger partial charge on any atom is -0.494 e. The number of ether oxygens (including phenoxy) is 2. The molecular formula is C21H20BrNO3. The lowest BCUT2D eigenvalue weighted by atomic mass is 10.1. The smallest absolute Gasteiger partial charge is 0.363 e. The van der Waals surface area contributed by atoms with Gasteiger partial charge in [0.25, 0.3) is 0 Å². The van der Waals surface area contributed by atoms with Gasteiger partial charge in [-0.3, -0.25) is 0 Å². The molecule has 0 radical (unpaired) electrons. The third-order valence-corrected chi connectivity index (χ3v) is 4.33. The topological polar surface area (TPSA) is 47.9 Å². The first-order valence-corrected chi connectivity index (χ1v) is 9.32. The Bertz CT molecular complexity index is 854. The molecule has 0 saturated carbocycles. The number of aliphatic imine (C=N–C) groups is 1. The second-order valence-corrected chi connectivity index (χ2v) is 7.36. The van der Waals surface area contributed by atoms with Crippen LogP contribution in [-0.4, -0.2) is 18.5 Å². The molecule has 0 aromatic heterocycles. The van der Waals surface area contributed by atoms with Crippen molar-refractivity contribution in [3.63, 3.8) is 0 Å². The summed E-state index contributed by atoms with van der Waals surface area (Å²) in [4.78, 5) is 16.4. The monoisotopic (exact) mass is 413 g/mol. The number of rotatable bonds is 6. The first kappa shape index (κ1) is 18.4. The molecule has 0 aliphatic carbocycles. The fourth-order valence-electron chi connectivity index (χ4n) is 2.38. The minimum absolute atomic E-state index is 0.286. The summed E-state index contributed by atoms with van der Waals surface area (Å²) in [6.07, 6.45) is 2.73. The Labute approximate surface area is 161 Å². The van der Waals surface area contributed by atoms with Gasteiger partial charge in [-0.15, -0.1) is 0 Å². The maximum Gasteiger partial charge on any atom is 0.363 e. The maximum absolute atomic E-state index is 12.1. The summed E-state index contributed by atoms with van der Waals surface area (Å²) >= 11 is 3.40. The van der Waals surface area contributed by atoms with Crippen molar-refractivity contribution in [2.24, 2.45) is 10.9 Å². The molecule has 0 bridgehead atoms. The summed E-state index contributed by atoms with van der Waals surface area (Å²) in [5.74, 6) is 1.30. The SMILES string of the molecule is CC(C)CCOc1ccc(C=C2N=C(c3cccc(Br)c3)OC2=O)cc1. The van der Waals surface area contributed by atoms with E-state index < -0.39 is 5.97 Å². The van der Waals surface area contributed by atoms with Crippen LogP contribution in [0.1, 0.15) is 31.4 Å². The van der Waals surface area contributed by atoms with E-state index in [0.29, 0.717) is 18.4 Å². The van der Waals surface area contributed by atoms with Crippen molar-refractivity contribution in [2.75, 3.05) is 6.61 Å². The second-order valence-electron chi connectivity index (χ2n) is 6.45. The molecule has 0 amide bonds. The third-order valence-electron chi connectivity index (χ3n) is 3.84. The van der Waals surface area contributed by atoms with Crippen molar-refractivity contribution in [2.45, 2.75) is 20.3 Å². The van der Waals surface area contributed by atoms with Crippen LogP contribution in [0.3, 0.4) is 0 Å². The largest absolute Gasteiger partial charge is 0.494 e. The number of hydrogen-bond acceptors (Lipinski definition) is 4. The molecule has 5 heteroatoms. The number of esters is 1. The van der Waals surface area contributed by atoms with Crippen molar-refractivity contribution in [3.05, 3.63) is 69.8 Å². The van der Waals surface area contributed by atoms with Gasteiger partial charge in [-0.1, -0.05) is 48.0 Å². The van der Waals surface area contributed by atoms with Gasteiger partial charge in [0, 0.05) is 10.0 Å². The van der Waals surface area contributed by atoms with Crippen molar-refractivity contribution in [1.29, 1.82) is 0 Å².